The molecule has 0 aromatic rings. The zero-order chi connectivity index (χ0) is 11.9. The molecule has 0 aliphatic heterocycles. The van der Waals surface area contributed by atoms with Crippen LogP contribution in [0.3, 0.4) is 0 Å². The molecule has 0 bridgehead atoms. The van der Waals surface area contributed by atoms with Crippen LogP contribution in [0.2, 0.25) is 0 Å². The Balaban J connectivity index is 3.87. The van der Waals surface area contributed by atoms with E-state index in [1.165, 1.54) is 0 Å². The van der Waals surface area contributed by atoms with Gasteiger partial charge in [0.2, 0.25) is 0 Å². The summed E-state index contributed by atoms with van der Waals surface area (Å²) in [5, 5.41) is 3.32. The predicted molar refractivity (Wildman–Crippen MR) is 66.3 cm³/mol. The molecule has 92 valence electrons. The smallest absolute Gasteiger partial charge is 0.0593 e. The first-order chi connectivity index (χ1) is 6.94. The maximum Gasteiger partial charge on any atom is 0.0593 e. The second-order valence-corrected chi connectivity index (χ2v) is 4.93. The molecule has 3 nitrogen and oxygen atoms in total. The first-order valence-electron chi connectivity index (χ1n) is 5.87. The van der Waals surface area contributed by atoms with Crippen molar-refractivity contribution in [1.82, 2.24) is 10.2 Å². The lowest BCUT2D eigenvalue weighted by Gasteiger charge is -2.35. The van der Waals surface area contributed by atoms with Gasteiger partial charge in [0.05, 0.1) is 6.61 Å². The molecular formula is C12H28N2O. The Morgan fingerprint density at radius 1 is 1.40 bits per heavy atom. The Kier molecular flexibility index (Phi) is 7.14. The molecule has 15 heavy (non-hydrogen) atoms. The lowest BCUT2D eigenvalue weighted by Crippen LogP contribution is -2.45. The van der Waals surface area contributed by atoms with Crippen molar-refractivity contribution in [2.75, 3.05) is 40.4 Å². The molecule has 0 rings (SSSR count). The van der Waals surface area contributed by atoms with Crippen LogP contribution in [0.15, 0.2) is 0 Å². The second-order valence-electron chi connectivity index (χ2n) is 4.93. The van der Waals surface area contributed by atoms with Gasteiger partial charge in [-0.1, -0.05) is 13.8 Å². The van der Waals surface area contributed by atoms with Crippen molar-refractivity contribution in [1.29, 1.82) is 0 Å². The van der Waals surface area contributed by atoms with Crippen LogP contribution in [0.1, 0.15) is 27.7 Å². The molecule has 3 heteroatoms. The third-order valence-electron chi connectivity index (χ3n) is 3.10. The van der Waals surface area contributed by atoms with Crippen LogP contribution in [0.5, 0.6) is 0 Å². The van der Waals surface area contributed by atoms with Gasteiger partial charge in [-0.15, -0.1) is 0 Å². The lowest BCUT2D eigenvalue weighted by molar-refractivity contribution is 0.0994. The molecule has 0 aromatic heterocycles. The number of nitrogens with one attached hydrogen (secondary N) is 1. The third kappa shape index (κ3) is 6.13. The first kappa shape index (κ1) is 14.9. The van der Waals surface area contributed by atoms with Crippen LogP contribution in [-0.2, 0) is 4.74 Å². The quantitative estimate of drug-likeness (QED) is 0.624. The monoisotopic (exact) mass is 216 g/mol. The standard InChI is InChI=1S/C12H28N2O/c1-7-15-9-8-14(6)10-12(3,4)11(2)13-5/h11,13H,7-10H2,1-6H3. The molecule has 0 spiro atoms. The van der Waals surface area contributed by atoms with E-state index in [1.807, 2.05) is 14.0 Å². The maximum atomic E-state index is 5.35. The average molecular weight is 216 g/mol. The maximum absolute atomic E-state index is 5.35. The van der Waals surface area contributed by atoms with E-state index in [0.717, 1.165) is 26.3 Å². The minimum atomic E-state index is 0.287. The minimum absolute atomic E-state index is 0.287. The van der Waals surface area contributed by atoms with Crippen molar-refractivity contribution in [2.45, 2.75) is 33.7 Å². The highest BCUT2D eigenvalue weighted by molar-refractivity contribution is 4.82. The van der Waals surface area contributed by atoms with Crippen molar-refractivity contribution >= 4 is 0 Å². The normalized spacial score (nSPS) is 14.6. The Bertz CT molecular complexity index is 160. The Morgan fingerprint density at radius 2 is 2.00 bits per heavy atom. The topological polar surface area (TPSA) is 24.5 Å². The molecule has 0 radical (unpaired) electrons. The summed E-state index contributed by atoms with van der Waals surface area (Å²) in [5.41, 5.74) is 0.287. The highest BCUT2D eigenvalue weighted by Gasteiger charge is 2.25. The minimum Gasteiger partial charge on any atom is -0.380 e. The Morgan fingerprint density at radius 3 is 2.47 bits per heavy atom. The number of rotatable bonds is 8. The first-order valence-corrected chi connectivity index (χ1v) is 5.87. The van der Waals surface area contributed by atoms with Crippen molar-refractivity contribution < 1.29 is 4.74 Å². The summed E-state index contributed by atoms with van der Waals surface area (Å²) in [7, 11) is 4.18. The number of hydrogen-bond donors (Lipinski definition) is 1. The average Bonchev–Trinajstić information content (AvgIpc) is 2.16. The zero-order valence-corrected chi connectivity index (χ0v) is 11.3. The molecule has 0 amide bonds. The van der Waals surface area contributed by atoms with Crippen LogP contribution in [-0.4, -0.2) is 51.3 Å². The van der Waals surface area contributed by atoms with Gasteiger partial charge >= 0.3 is 0 Å². The van der Waals surface area contributed by atoms with Crippen molar-refractivity contribution in [3.8, 4) is 0 Å². The molecule has 1 atom stereocenters. The van der Waals surface area contributed by atoms with Crippen LogP contribution in [0.4, 0.5) is 0 Å². The fraction of sp³-hybridized carbons (Fsp3) is 1.00. The summed E-state index contributed by atoms with van der Waals surface area (Å²) in [5.74, 6) is 0. The van der Waals surface area contributed by atoms with Gasteiger partial charge in [0.1, 0.15) is 0 Å². The summed E-state index contributed by atoms with van der Waals surface area (Å²) in [6.45, 7) is 12.6. The third-order valence-corrected chi connectivity index (χ3v) is 3.10. The summed E-state index contributed by atoms with van der Waals surface area (Å²) in [6, 6.07) is 0.520. The van der Waals surface area contributed by atoms with Gasteiger partial charge in [-0.2, -0.15) is 0 Å². The van der Waals surface area contributed by atoms with E-state index >= 15 is 0 Å². The van der Waals surface area contributed by atoms with E-state index in [4.69, 9.17) is 4.74 Å². The molecule has 0 saturated heterocycles. The largest absolute Gasteiger partial charge is 0.380 e. The number of ether oxygens (including phenoxy) is 1. The molecule has 1 unspecified atom stereocenters. The fourth-order valence-corrected chi connectivity index (χ4v) is 1.67. The fourth-order valence-electron chi connectivity index (χ4n) is 1.67. The van der Waals surface area contributed by atoms with Gasteiger partial charge in [-0.05, 0) is 33.4 Å². The summed E-state index contributed by atoms with van der Waals surface area (Å²) in [4.78, 5) is 2.34. The number of nitrogens with zero attached hydrogens (tertiary/aromatic N) is 1. The molecule has 1 N–H and O–H groups in total. The lowest BCUT2D eigenvalue weighted by atomic mass is 9.85. The second kappa shape index (κ2) is 7.20. The van der Waals surface area contributed by atoms with Crippen LogP contribution >= 0.6 is 0 Å². The summed E-state index contributed by atoms with van der Waals surface area (Å²) in [6.07, 6.45) is 0. The van der Waals surface area contributed by atoms with E-state index in [0.29, 0.717) is 6.04 Å². The highest BCUT2D eigenvalue weighted by atomic mass is 16.5. The van der Waals surface area contributed by atoms with E-state index in [9.17, 15) is 0 Å². The molecule has 0 aromatic carbocycles. The molecular weight excluding hydrogens is 188 g/mol. The molecule has 0 saturated carbocycles. The van der Waals surface area contributed by atoms with Crippen LogP contribution in [0.25, 0.3) is 0 Å². The Hall–Kier alpha value is -0.120. The predicted octanol–water partition coefficient (Wildman–Crippen LogP) is 1.59. The molecule has 0 aliphatic rings. The van der Waals surface area contributed by atoms with Crippen LogP contribution in [0, 0.1) is 5.41 Å². The van der Waals surface area contributed by atoms with E-state index in [2.05, 4.69) is 38.0 Å². The summed E-state index contributed by atoms with van der Waals surface area (Å²) >= 11 is 0. The SMILES string of the molecule is CCOCCN(C)CC(C)(C)C(C)NC. The summed E-state index contributed by atoms with van der Waals surface area (Å²) < 4.78 is 5.35. The number of hydrogen-bond acceptors (Lipinski definition) is 3. The van der Waals surface area contributed by atoms with E-state index in [1.54, 1.807) is 0 Å². The van der Waals surface area contributed by atoms with Gasteiger partial charge in [-0.3, -0.25) is 0 Å². The number of likely N-dealkylation sites (N-methyl/N-ethyl adjacent to an activating group) is 1. The van der Waals surface area contributed by atoms with Gasteiger partial charge in [0.25, 0.3) is 0 Å². The van der Waals surface area contributed by atoms with Crippen LogP contribution < -0.4 is 5.32 Å². The zero-order valence-electron chi connectivity index (χ0n) is 11.3. The van der Waals surface area contributed by atoms with Crippen molar-refractivity contribution in [2.24, 2.45) is 5.41 Å². The van der Waals surface area contributed by atoms with Gasteiger partial charge in [-0.25, -0.2) is 0 Å². The highest BCUT2D eigenvalue weighted by Crippen LogP contribution is 2.21. The van der Waals surface area contributed by atoms with Crippen molar-refractivity contribution in [3.63, 3.8) is 0 Å². The van der Waals surface area contributed by atoms with Gasteiger partial charge in [0, 0.05) is 25.7 Å². The molecule has 0 fully saturated rings. The van der Waals surface area contributed by atoms with Crippen molar-refractivity contribution in [3.05, 3.63) is 0 Å². The molecule has 0 aliphatic carbocycles. The molecule has 0 heterocycles. The van der Waals surface area contributed by atoms with Gasteiger partial charge in [0.15, 0.2) is 0 Å². The van der Waals surface area contributed by atoms with E-state index in [-0.39, 0.29) is 5.41 Å². The van der Waals surface area contributed by atoms with Gasteiger partial charge < -0.3 is 15.0 Å². The Labute approximate surface area is 95.2 Å². The van der Waals surface area contributed by atoms with E-state index < -0.39 is 0 Å².